The van der Waals surface area contributed by atoms with Gasteiger partial charge in [0.25, 0.3) is 0 Å². The molecule has 2 fully saturated rings. The largest absolute Gasteiger partial charge is 0.374 e. The third kappa shape index (κ3) is 4.17. The molecule has 3 atom stereocenters. The summed E-state index contributed by atoms with van der Waals surface area (Å²) in [4.78, 5) is 5.12. The molecule has 0 aliphatic carbocycles. The summed E-state index contributed by atoms with van der Waals surface area (Å²) >= 11 is 0. The van der Waals surface area contributed by atoms with E-state index in [1.165, 1.54) is 0 Å². The number of ether oxygens (including phenoxy) is 1. The van der Waals surface area contributed by atoms with Gasteiger partial charge in [-0.25, -0.2) is 0 Å². The highest BCUT2D eigenvalue weighted by Gasteiger charge is 2.34. The van der Waals surface area contributed by atoms with Crippen molar-refractivity contribution in [3.05, 3.63) is 0 Å². The molecule has 2 rings (SSSR count). The van der Waals surface area contributed by atoms with Crippen molar-refractivity contribution in [1.29, 1.82) is 0 Å². The lowest BCUT2D eigenvalue weighted by molar-refractivity contribution is -0.0535. The van der Waals surface area contributed by atoms with Crippen LogP contribution in [-0.4, -0.2) is 73.9 Å². The zero-order chi connectivity index (χ0) is 14.8. The first-order chi connectivity index (χ1) is 9.40. The lowest BCUT2D eigenvalue weighted by Gasteiger charge is -2.45. The summed E-state index contributed by atoms with van der Waals surface area (Å²) in [6.07, 6.45) is 0.380. The lowest BCUT2D eigenvalue weighted by atomic mass is 9.84. The van der Waals surface area contributed by atoms with Crippen LogP contribution in [0.15, 0.2) is 0 Å². The molecule has 118 valence electrons. The van der Waals surface area contributed by atoms with Crippen LogP contribution in [0.4, 0.5) is 0 Å². The van der Waals surface area contributed by atoms with Gasteiger partial charge < -0.3 is 10.1 Å². The molecule has 0 bridgehead atoms. The normalized spacial score (nSPS) is 34.4. The van der Waals surface area contributed by atoms with Crippen molar-refractivity contribution < 1.29 is 4.74 Å². The molecule has 0 aromatic rings. The first-order valence-corrected chi connectivity index (χ1v) is 8.21. The average molecular weight is 283 g/mol. The predicted octanol–water partition coefficient (Wildman–Crippen LogP) is 1.42. The smallest absolute Gasteiger partial charge is 0.0829 e. The van der Waals surface area contributed by atoms with Gasteiger partial charge in [0.15, 0.2) is 0 Å². The fraction of sp³-hybridized carbons (Fsp3) is 1.00. The second-order valence-electron chi connectivity index (χ2n) is 7.52. The molecule has 4 nitrogen and oxygen atoms in total. The maximum Gasteiger partial charge on any atom is 0.0829 e. The Morgan fingerprint density at radius 3 is 2.65 bits per heavy atom. The maximum absolute atomic E-state index is 5.98. The van der Waals surface area contributed by atoms with Gasteiger partial charge in [0.1, 0.15) is 0 Å². The molecule has 4 heteroatoms. The van der Waals surface area contributed by atoms with Gasteiger partial charge >= 0.3 is 0 Å². The van der Waals surface area contributed by atoms with Gasteiger partial charge in [-0.2, -0.15) is 0 Å². The van der Waals surface area contributed by atoms with Crippen molar-refractivity contribution in [2.24, 2.45) is 5.41 Å². The number of hydrogen-bond donors (Lipinski definition) is 1. The first kappa shape index (κ1) is 16.2. The monoisotopic (exact) mass is 283 g/mol. The number of rotatable bonds is 3. The summed E-state index contributed by atoms with van der Waals surface area (Å²) in [6.45, 7) is 19.1. The Morgan fingerprint density at radius 1 is 1.25 bits per heavy atom. The van der Waals surface area contributed by atoms with E-state index >= 15 is 0 Å². The fourth-order valence-electron chi connectivity index (χ4n) is 3.20. The highest BCUT2D eigenvalue weighted by atomic mass is 16.5. The van der Waals surface area contributed by atoms with E-state index < -0.39 is 0 Å². The van der Waals surface area contributed by atoms with E-state index in [0.29, 0.717) is 23.6 Å². The van der Waals surface area contributed by atoms with E-state index in [9.17, 15) is 0 Å². The molecular formula is C16H33N3O. The van der Waals surface area contributed by atoms with E-state index in [0.717, 1.165) is 45.9 Å². The Balaban J connectivity index is 1.89. The van der Waals surface area contributed by atoms with Gasteiger partial charge in [-0.05, 0) is 18.9 Å². The van der Waals surface area contributed by atoms with Crippen LogP contribution in [-0.2, 0) is 4.74 Å². The van der Waals surface area contributed by atoms with Crippen LogP contribution in [0.2, 0.25) is 0 Å². The van der Waals surface area contributed by atoms with Crippen LogP contribution in [0.3, 0.4) is 0 Å². The Hall–Kier alpha value is -0.160. The quantitative estimate of drug-likeness (QED) is 0.848. The van der Waals surface area contributed by atoms with Crippen LogP contribution in [0.5, 0.6) is 0 Å². The number of piperazine rings is 1. The van der Waals surface area contributed by atoms with Gasteiger partial charge in [-0.15, -0.1) is 0 Å². The highest BCUT2D eigenvalue weighted by Crippen LogP contribution is 2.24. The SMILES string of the molecule is CCN1CCOC(CN2CC(C(C)(C)C)NCC2C)C1. The van der Waals surface area contributed by atoms with Crippen LogP contribution < -0.4 is 5.32 Å². The summed E-state index contributed by atoms with van der Waals surface area (Å²) in [5.41, 5.74) is 0.321. The second-order valence-corrected chi connectivity index (χ2v) is 7.52. The molecule has 2 aliphatic heterocycles. The summed E-state index contributed by atoms with van der Waals surface area (Å²) < 4.78 is 5.98. The zero-order valence-electron chi connectivity index (χ0n) is 14.0. The molecule has 2 aliphatic rings. The number of nitrogens with one attached hydrogen (secondary N) is 1. The van der Waals surface area contributed by atoms with E-state index in [-0.39, 0.29) is 0 Å². The Kier molecular flexibility index (Phi) is 5.46. The minimum absolute atomic E-state index is 0.321. The van der Waals surface area contributed by atoms with Gasteiger partial charge in [-0.1, -0.05) is 27.7 Å². The van der Waals surface area contributed by atoms with Gasteiger partial charge in [-0.3, -0.25) is 9.80 Å². The fourth-order valence-corrected chi connectivity index (χ4v) is 3.20. The van der Waals surface area contributed by atoms with Gasteiger partial charge in [0.05, 0.1) is 12.7 Å². The molecule has 2 heterocycles. The van der Waals surface area contributed by atoms with E-state index in [2.05, 4.69) is 49.7 Å². The molecule has 0 amide bonds. The molecule has 0 spiro atoms. The van der Waals surface area contributed by atoms with Crippen molar-refractivity contribution in [3.8, 4) is 0 Å². The van der Waals surface area contributed by atoms with Crippen molar-refractivity contribution in [3.63, 3.8) is 0 Å². The van der Waals surface area contributed by atoms with Crippen LogP contribution in [0.1, 0.15) is 34.6 Å². The minimum atomic E-state index is 0.321. The van der Waals surface area contributed by atoms with Crippen LogP contribution >= 0.6 is 0 Å². The van der Waals surface area contributed by atoms with Gasteiger partial charge in [0, 0.05) is 44.8 Å². The van der Waals surface area contributed by atoms with Crippen LogP contribution in [0, 0.1) is 5.41 Å². The maximum atomic E-state index is 5.98. The number of nitrogens with zero attached hydrogens (tertiary/aromatic N) is 2. The molecule has 20 heavy (non-hydrogen) atoms. The third-order valence-electron chi connectivity index (χ3n) is 4.85. The molecule has 0 saturated carbocycles. The molecule has 0 radical (unpaired) electrons. The summed E-state index contributed by atoms with van der Waals surface area (Å²) in [5.74, 6) is 0. The average Bonchev–Trinajstić information content (AvgIpc) is 2.40. The summed E-state index contributed by atoms with van der Waals surface area (Å²) in [7, 11) is 0. The first-order valence-electron chi connectivity index (χ1n) is 8.21. The summed E-state index contributed by atoms with van der Waals surface area (Å²) in [5, 5.41) is 3.70. The summed E-state index contributed by atoms with van der Waals surface area (Å²) in [6, 6.07) is 1.18. The van der Waals surface area contributed by atoms with Crippen molar-refractivity contribution in [1.82, 2.24) is 15.1 Å². The standard InChI is InChI=1S/C16H33N3O/c1-6-18-7-8-20-14(10-18)11-19-12-15(16(3,4)5)17-9-13(19)2/h13-15,17H,6-12H2,1-5H3. The molecule has 1 N–H and O–H groups in total. The van der Waals surface area contributed by atoms with E-state index in [1.54, 1.807) is 0 Å². The number of likely N-dealkylation sites (N-methyl/N-ethyl adjacent to an activating group) is 1. The third-order valence-corrected chi connectivity index (χ3v) is 4.85. The molecular weight excluding hydrogens is 250 g/mol. The topological polar surface area (TPSA) is 27.7 Å². The molecule has 2 saturated heterocycles. The van der Waals surface area contributed by atoms with Crippen molar-refractivity contribution in [2.75, 3.05) is 45.9 Å². The number of hydrogen-bond acceptors (Lipinski definition) is 4. The minimum Gasteiger partial charge on any atom is -0.374 e. The second kappa shape index (κ2) is 6.73. The number of morpholine rings is 1. The predicted molar refractivity (Wildman–Crippen MR) is 84.1 cm³/mol. The highest BCUT2D eigenvalue weighted by molar-refractivity contribution is 4.91. The van der Waals surface area contributed by atoms with Crippen LogP contribution in [0.25, 0.3) is 0 Å². The van der Waals surface area contributed by atoms with Gasteiger partial charge in [0.2, 0.25) is 0 Å². The Bertz CT molecular complexity index is 303. The Labute approximate surface area is 124 Å². The molecule has 0 aromatic heterocycles. The molecule has 3 unspecified atom stereocenters. The van der Waals surface area contributed by atoms with E-state index in [1.807, 2.05) is 0 Å². The zero-order valence-corrected chi connectivity index (χ0v) is 14.0. The van der Waals surface area contributed by atoms with E-state index in [4.69, 9.17) is 4.74 Å². The van der Waals surface area contributed by atoms with Crippen molar-refractivity contribution in [2.45, 2.75) is 52.8 Å². The Morgan fingerprint density at radius 2 is 2.00 bits per heavy atom. The lowest BCUT2D eigenvalue weighted by Crippen LogP contribution is -2.61. The van der Waals surface area contributed by atoms with Crippen molar-refractivity contribution >= 4 is 0 Å². The molecule has 0 aromatic carbocycles.